The molecule has 1 aromatic carbocycles. The maximum absolute atomic E-state index is 10.4. The number of benzene rings is 1. The number of ether oxygens (including phenoxy) is 1. The van der Waals surface area contributed by atoms with Gasteiger partial charge in [0.25, 0.3) is 0 Å². The van der Waals surface area contributed by atoms with E-state index >= 15 is 0 Å². The molecule has 0 saturated carbocycles. The second-order valence-electron chi connectivity index (χ2n) is 6.40. The van der Waals surface area contributed by atoms with Gasteiger partial charge in [-0.05, 0) is 63.4 Å². The average Bonchev–Trinajstić information content (AvgIpc) is 2.48. The molecule has 0 radical (unpaired) electrons. The first-order chi connectivity index (χ1) is 10.1. The Kier molecular flexibility index (Phi) is 6.07. The Balaban J connectivity index is 1.84. The summed E-state index contributed by atoms with van der Waals surface area (Å²) in [6.07, 6.45) is 3.60. The Hall–Kier alpha value is -1.06. The summed E-state index contributed by atoms with van der Waals surface area (Å²) in [4.78, 5) is 2.38. The topological polar surface area (TPSA) is 32.7 Å². The number of nitrogens with zero attached hydrogens (tertiary/aromatic N) is 1. The predicted molar refractivity (Wildman–Crippen MR) is 86.6 cm³/mol. The van der Waals surface area contributed by atoms with Crippen LogP contribution in [0.3, 0.4) is 0 Å². The summed E-state index contributed by atoms with van der Waals surface area (Å²) in [5.41, 5.74) is 0.976. The second-order valence-corrected chi connectivity index (χ2v) is 6.40. The van der Waals surface area contributed by atoms with Gasteiger partial charge in [0, 0.05) is 6.54 Å². The average molecular weight is 291 g/mol. The quantitative estimate of drug-likeness (QED) is 0.868. The summed E-state index contributed by atoms with van der Waals surface area (Å²) in [6, 6.07) is 7.84. The van der Waals surface area contributed by atoms with Crippen LogP contribution in [0.1, 0.15) is 51.7 Å². The Morgan fingerprint density at radius 1 is 1.19 bits per heavy atom. The molecule has 0 aromatic heterocycles. The van der Waals surface area contributed by atoms with Gasteiger partial charge in [0.2, 0.25) is 0 Å². The highest BCUT2D eigenvalue weighted by Gasteiger charge is 2.20. The van der Waals surface area contributed by atoms with E-state index in [1.807, 2.05) is 38.1 Å². The number of β-amino-alcohol motifs (C(OH)–C–C–N with tert-alkyl or cyclic N) is 1. The molecule has 3 heteroatoms. The molecule has 1 aliphatic heterocycles. The van der Waals surface area contributed by atoms with Crippen molar-refractivity contribution in [1.29, 1.82) is 0 Å². The van der Waals surface area contributed by atoms with Crippen molar-refractivity contribution in [3.8, 4) is 5.75 Å². The van der Waals surface area contributed by atoms with Crippen LogP contribution in [0, 0.1) is 5.92 Å². The van der Waals surface area contributed by atoms with E-state index < -0.39 is 6.10 Å². The van der Waals surface area contributed by atoms with E-state index in [9.17, 15) is 5.11 Å². The van der Waals surface area contributed by atoms with Crippen molar-refractivity contribution < 1.29 is 9.84 Å². The lowest BCUT2D eigenvalue weighted by atomic mass is 9.94. The van der Waals surface area contributed by atoms with Crippen LogP contribution in [0.2, 0.25) is 0 Å². The van der Waals surface area contributed by atoms with Gasteiger partial charge in [-0.2, -0.15) is 0 Å². The van der Waals surface area contributed by atoms with Crippen molar-refractivity contribution in [3.05, 3.63) is 29.8 Å². The van der Waals surface area contributed by atoms with Crippen molar-refractivity contribution in [1.82, 2.24) is 4.90 Å². The SMILES string of the molecule is CCC1CCN(CC(O)c2ccc(OC(C)C)cc2)CC1. The summed E-state index contributed by atoms with van der Waals surface area (Å²) in [7, 11) is 0. The zero-order chi connectivity index (χ0) is 15.2. The number of aliphatic hydroxyl groups excluding tert-OH is 1. The van der Waals surface area contributed by atoms with Gasteiger partial charge in [-0.25, -0.2) is 0 Å². The van der Waals surface area contributed by atoms with Gasteiger partial charge in [-0.15, -0.1) is 0 Å². The minimum absolute atomic E-state index is 0.181. The molecule has 2 rings (SSSR count). The molecule has 21 heavy (non-hydrogen) atoms. The van der Waals surface area contributed by atoms with Crippen LogP contribution < -0.4 is 4.74 Å². The van der Waals surface area contributed by atoms with Crippen molar-refractivity contribution >= 4 is 0 Å². The van der Waals surface area contributed by atoms with Crippen LogP contribution >= 0.6 is 0 Å². The molecule has 1 aliphatic rings. The number of likely N-dealkylation sites (tertiary alicyclic amines) is 1. The van der Waals surface area contributed by atoms with E-state index in [-0.39, 0.29) is 6.10 Å². The third-order valence-electron chi connectivity index (χ3n) is 4.35. The number of piperidine rings is 1. The molecule has 0 aliphatic carbocycles. The third kappa shape index (κ3) is 5.01. The lowest BCUT2D eigenvalue weighted by Crippen LogP contribution is -2.36. The van der Waals surface area contributed by atoms with E-state index in [4.69, 9.17) is 4.74 Å². The molecule has 1 unspecified atom stereocenters. The van der Waals surface area contributed by atoms with Crippen LogP contribution in [-0.2, 0) is 0 Å². The summed E-state index contributed by atoms with van der Waals surface area (Å²) >= 11 is 0. The second kappa shape index (κ2) is 7.81. The van der Waals surface area contributed by atoms with E-state index in [1.54, 1.807) is 0 Å². The number of aliphatic hydroxyl groups is 1. The zero-order valence-electron chi connectivity index (χ0n) is 13.6. The van der Waals surface area contributed by atoms with Crippen molar-refractivity contribution in [2.24, 2.45) is 5.92 Å². The van der Waals surface area contributed by atoms with Crippen LogP contribution in [0.4, 0.5) is 0 Å². The summed E-state index contributed by atoms with van der Waals surface area (Å²) < 4.78 is 5.63. The Morgan fingerprint density at radius 3 is 2.33 bits per heavy atom. The van der Waals surface area contributed by atoms with Crippen LogP contribution in [0.5, 0.6) is 5.75 Å². The maximum Gasteiger partial charge on any atom is 0.119 e. The highest BCUT2D eigenvalue weighted by molar-refractivity contribution is 5.28. The van der Waals surface area contributed by atoms with Gasteiger partial charge in [0.05, 0.1) is 12.2 Å². The Morgan fingerprint density at radius 2 is 1.81 bits per heavy atom. The lowest BCUT2D eigenvalue weighted by Gasteiger charge is -2.32. The number of hydrogen-bond donors (Lipinski definition) is 1. The first-order valence-corrected chi connectivity index (χ1v) is 8.25. The highest BCUT2D eigenvalue weighted by atomic mass is 16.5. The fraction of sp³-hybridized carbons (Fsp3) is 0.667. The molecule has 1 heterocycles. The largest absolute Gasteiger partial charge is 0.491 e. The summed E-state index contributed by atoms with van der Waals surface area (Å²) in [6.45, 7) is 9.27. The van der Waals surface area contributed by atoms with E-state index in [2.05, 4.69) is 11.8 Å². The predicted octanol–water partition coefficient (Wildman–Crippen LogP) is 3.63. The molecule has 0 bridgehead atoms. The molecular formula is C18H29NO2. The van der Waals surface area contributed by atoms with Gasteiger partial charge >= 0.3 is 0 Å². The summed E-state index contributed by atoms with van der Waals surface area (Å²) in [5.74, 6) is 1.75. The molecule has 1 N–H and O–H groups in total. The lowest BCUT2D eigenvalue weighted by molar-refractivity contribution is 0.0887. The molecule has 1 aromatic rings. The van der Waals surface area contributed by atoms with E-state index in [0.717, 1.165) is 36.9 Å². The fourth-order valence-electron chi connectivity index (χ4n) is 2.97. The molecule has 118 valence electrons. The zero-order valence-corrected chi connectivity index (χ0v) is 13.6. The molecule has 1 fully saturated rings. The number of hydrogen-bond acceptors (Lipinski definition) is 3. The first kappa shape index (κ1) is 16.3. The standard InChI is InChI=1S/C18H29NO2/c1-4-15-9-11-19(12-10-15)13-18(20)16-5-7-17(8-6-16)21-14(2)3/h5-8,14-15,18,20H,4,9-13H2,1-3H3. The van der Waals surface area contributed by atoms with Gasteiger partial charge in [-0.3, -0.25) is 0 Å². The minimum atomic E-state index is -0.406. The monoisotopic (exact) mass is 291 g/mol. The molecule has 0 amide bonds. The van der Waals surface area contributed by atoms with Crippen molar-refractivity contribution in [3.63, 3.8) is 0 Å². The molecular weight excluding hydrogens is 262 g/mol. The number of rotatable bonds is 6. The van der Waals surface area contributed by atoms with Crippen LogP contribution in [-0.4, -0.2) is 35.7 Å². The van der Waals surface area contributed by atoms with Crippen molar-refractivity contribution in [2.45, 2.75) is 52.2 Å². The van der Waals surface area contributed by atoms with Crippen LogP contribution in [0.25, 0.3) is 0 Å². The Bertz CT molecular complexity index is 408. The smallest absolute Gasteiger partial charge is 0.119 e. The van der Waals surface area contributed by atoms with E-state index in [1.165, 1.54) is 19.3 Å². The molecule has 1 saturated heterocycles. The van der Waals surface area contributed by atoms with Crippen LogP contribution in [0.15, 0.2) is 24.3 Å². The van der Waals surface area contributed by atoms with Gasteiger partial charge in [-0.1, -0.05) is 25.5 Å². The maximum atomic E-state index is 10.4. The van der Waals surface area contributed by atoms with Gasteiger partial charge in [0.15, 0.2) is 0 Å². The first-order valence-electron chi connectivity index (χ1n) is 8.25. The molecule has 3 nitrogen and oxygen atoms in total. The van der Waals surface area contributed by atoms with Gasteiger partial charge in [0.1, 0.15) is 5.75 Å². The van der Waals surface area contributed by atoms with Gasteiger partial charge < -0.3 is 14.7 Å². The molecule has 0 spiro atoms. The molecule has 1 atom stereocenters. The normalized spacial score (nSPS) is 18.9. The summed E-state index contributed by atoms with van der Waals surface area (Å²) in [5, 5.41) is 10.4. The Labute approximate surface area is 128 Å². The fourth-order valence-corrected chi connectivity index (χ4v) is 2.97. The highest BCUT2D eigenvalue weighted by Crippen LogP contribution is 2.23. The minimum Gasteiger partial charge on any atom is -0.491 e. The van der Waals surface area contributed by atoms with Crippen molar-refractivity contribution in [2.75, 3.05) is 19.6 Å². The third-order valence-corrected chi connectivity index (χ3v) is 4.35. The van der Waals surface area contributed by atoms with E-state index in [0.29, 0.717) is 0 Å².